The van der Waals surface area contributed by atoms with Crippen molar-refractivity contribution < 1.29 is 12.8 Å². The number of likely N-dealkylation sites (tertiary alicyclic amines) is 1. The van der Waals surface area contributed by atoms with E-state index in [-0.39, 0.29) is 22.2 Å². The molecule has 1 aliphatic heterocycles. The van der Waals surface area contributed by atoms with Crippen LogP contribution in [0.4, 0.5) is 27.1 Å². The van der Waals surface area contributed by atoms with Gasteiger partial charge in [0.05, 0.1) is 51.3 Å². The molecular formula is C35H36Cl2FN9O2S. The summed E-state index contributed by atoms with van der Waals surface area (Å²) in [5.74, 6) is -0.569. The average molecular weight is 737 g/mol. The molecule has 0 bridgehead atoms. The first kappa shape index (κ1) is 35.3. The van der Waals surface area contributed by atoms with Crippen LogP contribution in [0.25, 0.3) is 10.9 Å². The number of nitriles is 1. The maximum atomic E-state index is 13.9. The lowest BCUT2D eigenvalue weighted by Crippen LogP contribution is -2.46. The fourth-order valence-corrected chi connectivity index (χ4v) is 7.18. The van der Waals surface area contributed by atoms with E-state index in [2.05, 4.69) is 62.4 Å². The minimum Gasteiger partial charge on any atom is -0.373 e. The van der Waals surface area contributed by atoms with Gasteiger partial charge in [0.1, 0.15) is 17.6 Å². The molecule has 50 heavy (non-hydrogen) atoms. The molecule has 0 aliphatic carbocycles. The SMILES string of the molecule is CC(C)(C)N1CCC(n2cc(C(Nc3cc(Cl)c4ncc(C#N)c(Nc5ccc(F)c(Cl)c5)c4c3)c3cccc(NS(C)(=O)=O)c3)nn2)CC1. The monoisotopic (exact) mass is 735 g/mol. The molecule has 1 unspecified atom stereocenters. The van der Waals surface area contributed by atoms with Gasteiger partial charge < -0.3 is 10.6 Å². The van der Waals surface area contributed by atoms with Crippen LogP contribution in [0.3, 0.4) is 0 Å². The highest BCUT2D eigenvalue weighted by atomic mass is 35.5. The van der Waals surface area contributed by atoms with E-state index in [1.165, 1.54) is 24.4 Å². The van der Waals surface area contributed by atoms with E-state index >= 15 is 0 Å². The molecular weight excluding hydrogens is 700 g/mol. The van der Waals surface area contributed by atoms with E-state index in [0.717, 1.165) is 32.2 Å². The van der Waals surface area contributed by atoms with Crippen LogP contribution < -0.4 is 15.4 Å². The predicted molar refractivity (Wildman–Crippen MR) is 196 cm³/mol. The maximum absolute atomic E-state index is 13.9. The number of aromatic nitrogens is 4. The highest BCUT2D eigenvalue weighted by Crippen LogP contribution is 2.38. The minimum atomic E-state index is -3.53. The third-order valence-corrected chi connectivity index (χ3v) is 9.86. The number of piperidine rings is 1. The molecule has 260 valence electrons. The number of halogens is 3. The van der Waals surface area contributed by atoms with Crippen molar-refractivity contribution in [1.29, 1.82) is 5.26 Å². The highest BCUT2D eigenvalue weighted by molar-refractivity contribution is 7.92. The van der Waals surface area contributed by atoms with Gasteiger partial charge in [-0.3, -0.25) is 14.6 Å². The zero-order chi connectivity index (χ0) is 35.8. The Hall–Kier alpha value is -4.48. The summed E-state index contributed by atoms with van der Waals surface area (Å²) in [7, 11) is -3.53. The lowest BCUT2D eigenvalue weighted by atomic mass is 9.98. The van der Waals surface area contributed by atoms with Gasteiger partial charge in [-0.15, -0.1) is 5.10 Å². The third-order valence-electron chi connectivity index (χ3n) is 8.68. The zero-order valence-electron chi connectivity index (χ0n) is 27.9. The second-order valence-corrected chi connectivity index (χ2v) is 15.9. The number of benzene rings is 3. The Morgan fingerprint density at radius 3 is 2.44 bits per heavy atom. The van der Waals surface area contributed by atoms with E-state index < -0.39 is 21.9 Å². The number of nitrogens with zero attached hydrogens (tertiary/aromatic N) is 6. The van der Waals surface area contributed by atoms with Crippen molar-refractivity contribution in [2.24, 2.45) is 0 Å². The summed E-state index contributed by atoms with van der Waals surface area (Å²) in [4.78, 5) is 6.91. The quantitative estimate of drug-likeness (QED) is 0.138. The van der Waals surface area contributed by atoms with E-state index in [1.54, 1.807) is 30.3 Å². The van der Waals surface area contributed by atoms with Gasteiger partial charge >= 0.3 is 0 Å². The molecule has 5 aromatic rings. The summed E-state index contributed by atoms with van der Waals surface area (Å²) in [6, 6.07) is 16.5. The van der Waals surface area contributed by atoms with Crippen LogP contribution in [0, 0.1) is 17.1 Å². The van der Waals surface area contributed by atoms with Crippen molar-refractivity contribution in [2.75, 3.05) is 34.7 Å². The Balaban J connectivity index is 1.40. The van der Waals surface area contributed by atoms with Crippen molar-refractivity contribution in [3.63, 3.8) is 0 Å². The van der Waals surface area contributed by atoms with Crippen LogP contribution in [-0.4, -0.2) is 58.2 Å². The minimum absolute atomic E-state index is 0.0736. The molecule has 1 atom stereocenters. The standard InChI is InChI=1S/C35H36Cl2FN9O2S/c1-35(2,3)46-12-10-26(11-13-46)47-20-31(43-45-47)33(21-6-5-7-24(14-21)44-50(4,48)49)42-25-15-27-32(41-23-8-9-30(38)28(36)16-23)22(18-39)19-40-34(27)29(37)17-25/h5-9,14-17,19-20,26,33,42,44H,10-13H2,1-4H3,(H,40,41). The summed E-state index contributed by atoms with van der Waals surface area (Å²) >= 11 is 12.8. The van der Waals surface area contributed by atoms with Gasteiger partial charge in [-0.05, 0) is 81.6 Å². The summed E-state index contributed by atoms with van der Waals surface area (Å²) in [5, 5.41) is 26.6. The topological polar surface area (TPSA) is 141 Å². The summed E-state index contributed by atoms with van der Waals surface area (Å²) in [5.41, 5.74) is 3.93. The normalized spacial score (nSPS) is 15.1. The van der Waals surface area contributed by atoms with Crippen LogP contribution in [-0.2, 0) is 10.0 Å². The first-order valence-corrected chi connectivity index (χ1v) is 18.6. The Kier molecular flexibility index (Phi) is 9.92. The molecule has 1 fully saturated rings. The van der Waals surface area contributed by atoms with Gasteiger partial charge in [0, 0.05) is 47.3 Å². The van der Waals surface area contributed by atoms with Crippen LogP contribution in [0.2, 0.25) is 10.0 Å². The van der Waals surface area contributed by atoms with E-state index in [9.17, 15) is 18.1 Å². The average Bonchev–Trinajstić information content (AvgIpc) is 3.55. The van der Waals surface area contributed by atoms with Gasteiger partial charge in [-0.25, -0.2) is 17.5 Å². The van der Waals surface area contributed by atoms with Gasteiger partial charge in [-0.1, -0.05) is 40.5 Å². The molecule has 1 aliphatic rings. The molecule has 1 saturated heterocycles. The maximum Gasteiger partial charge on any atom is 0.229 e. The largest absolute Gasteiger partial charge is 0.373 e. The first-order valence-electron chi connectivity index (χ1n) is 15.9. The van der Waals surface area contributed by atoms with Gasteiger partial charge in [0.2, 0.25) is 10.0 Å². The fourth-order valence-electron chi connectivity index (χ4n) is 6.17. The van der Waals surface area contributed by atoms with Crippen molar-refractivity contribution in [3.8, 4) is 6.07 Å². The second kappa shape index (κ2) is 14.0. The number of hydrogen-bond acceptors (Lipinski definition) is 9. The Labute approximate surface area is 300 Å². The first-order chi connectivity index (χ1) is 23.7. The Morgan fingerprint density at radius 1 is 1.02 bits per heavy atom. The van der Waals surface area contributed by atoms with Gasteiger partial charge in [0.25, 0.3) is 0 Å². The van der Waals surface area contributed by atoms with Gasteiger partial charge in [0.15, 0.2) is 0 Å². The van der Waals surface area contributed by atoms with Crippen LogP contribution in [0.15, 0.2) is 67.0 Å². The molecule has 15 heteroatoms. The lowest BCUT2D eigenvalue weighted by Gasteiger charge is -2.40. The zero-order valence-corrected chi connectivity index (χ0v) is 30.2. The molecule has 0 radical (unpaired) electrons. The van der Waals surface area contributed by atoms with Crippen molar-refractivity contribution >= 4 is 66.9 Å². The molecule has 2 aromatic heterocycles. The molecule has 3 aromatic carbocycles. The van der Waals surface area contributed by atoms with E-state index in [4.69, 9.17) is 23.2 Å². The summed E-state index contributed by atoms with van der Waals surface area (Å²) < 4.78 is 42.6. The van der Waals surface area contributed by atoms with Crippen LogP contribution in [0.1, 0.15) is 62.5 Å². The number of sulfonamides is 1. The summed E-state index contributed by atoms with van der Waals surface area (Å²) in [6.07, 6.45) is 6.29. The van der Waals surface area contributed by atoms with E-state index in [1.807, 2.05) is 16.9 Å². The number of pyridine rings is 1. The van der Waals surface area contributed by atoms with Crippen LogP contribution in [0.5, 0.6) is 0 Å². The van der Waals surface area contributed by atoms with Crippen molar-refractivity contribution in [2.45, 2.75) is 51.2 Å². The number of anilines is 4. The number of rotatable bonds is 9. The third kappa shape index (κ3) is 7.94. The Morgan fingerprint density at radius 2 is 1.76 bits per heavy atom. The second-order valence-electron chi connectivity index (χ2n) is 13.4. The lowest BCUT2D eigenvalue weighted by molar-refractivity contribution is 0.0866. The van der Waals surface area contributed by atoms with Crippen LogP contribution >= 0.6 is 23.2 Å². The Bertz CT molecular complexity index is 2210. The predicted octanol–water partition coefficient (Wildman–Crippen LogP) is 7.90. The van der Waals surface area contributed by atoms with Crippen molar-refractivity contribution in [3.05, 3.63) is 99.7 Å². The molecule has 3 N–H and O–H groups in total. The van der Waals surface area contributed by atoms with Crippen molar-refractivity contribution in [1.82, 2.24) is 24.9 Å². The number of fused-ring (bicyclic) bond motifs is 1. The molecule has 3 heterocycles. The molecule has 0 spiro atoms. The smallest absolute Gasteiger partial charge is 0.229 e. The van der Waals surface area contributed by atoms with E-state index in [0.29, 0.717) is 49.9 Å². The fraction of sp³-hybridized carbons (Fsp3) is 0.314. The number of hydrogen-bond donors (Lipinski definition) is 3. The molecule has 6 rings (SSSR count). The summed E-state index contributed by atoms with van der Waals surface area (Å²) in [6.45, 7) is 8.55. The number of nitrogens with one attached hydrogen (secondary N) is 3. The molecule has 11 nitrogen and oxygen atoms in total. The molecule has 0 saturated carbocycles. The molecule has 0 amide bonds. The van der Waals surface area contributed by atoms with Gasteiger partial charge in [-0.2, -0.15) is 5.26 Å². The highest BCUT2D eigenvalue weighted by Gasteiger charge is 2.29.